The Labute approximate surface area is 147 Å². The van der Waals surface area contributed by atoms with Gasteiger partial charge in [0, 0.05) is 15.6 Å². The largest absolute Gasteiger partial charge is 0.494 e. The molecule has 0 atom stereocenters. The van der Waals surface area contributed by atoms with Gasteiger partial charge in [0.15, 0.2) is 5.88 Å². The second-order valence-electron chi connectivity index (χ2n) is 5.38. The van der Waals surface area contributed by atoms with E-state index in [9.17, 15) is 9.90 Å². The highest BCUT2D eigenvalue weighted by Gasteiger charge is 2.33. The van der Waals surface area contributed by atoms with Crippen molar-refractivity contribution >= 4 is 34.8 Å². The molecule has 1 amide bonds. The highest BCUT2D eigenvalue weighted by molar-refractivity contribution is 6.32. The van der Waals surface area contributed by atoms with Gasteiger partial charge in [-0.05, 0) is 29.8 Å². The highest BCUT2D eigenvalue weighted by atomic mass is 35.5. The van der Waals surface area contributed by atoms with Gasteiger partial charge in [-0.1, -0.05) is 47.5 Å². The minimum atomic E-state index is -0.392. The lowest BCUT2D eigenvalue weighted by molar-refractivity contribution is 0.101. The normalized spacial score (nSPS) is 13.1. The maximum Gasteiger partial charge on any atom is 0.280 e. The first-order valence-electron chi connectivity index (χ1n) is 7.15. The van der Waals surface area contributed by atoms with Crippen molar-refractivity contribution in [3.63, 3.8) is 0 Å². The van der Waals surface area contributed by atoms with Crippen LogP contribution in [0.4, 0.5) is 0 Å². The molecule has 1 aliphatic heterocycles. The van der Waals surface area contributed by atoms with Gasteiger partial charge in [0.2, 0.25) is 0 Å². The summed E-state index contributed by atoms with van der Waals surface area (Å²) in [6.07, 6.45) is 0. The Morgan fingerprint density at radius 2 is 1.38 bits per heavy atom. The third kappa shape index (κ3) is 2.31. The summed E-state index contributed by atoms with van der Waals surface area (Å²) < 4.78 is 0. The number of benzene rings is 2. The molecule has 2 aromatic carbocycles. The number of hydrogen-bond donors (Lipinski definition) is 2. The third-order valence-electron chi connectivity index (χ3n) is 3.89. The molecule has 0 saturated carbocycles. The number of halogens is 2. The lowest BCUT2D eigenvalue weighted by Crippen LogP contribution is -1.99. The van der Waals surface area contributed by atoms with Crippen LogP contribution in [0.25, 0.3) is 11.3 Å². The van der Waals surface area contributed by atoms with E-state index in [4.69, 9.17) is 23.2 Å². The fraction of sp³-hybridized carbons (Fsp3) is 0. The second-order valence-corrected chi connectivity index (χ2v) is 6.25. The fourth-order valence-corrected chi connectivity index (χ4v) is 3.05. The molecule has 1 aliphatic rings. The summed E-state index contributed by atoms with van der Waals surface area (Å²) in [5.41, 5.74) is 3.19. The second kappa shape index (κ2) is 5.51. The summed E-state index contributed by atoms with van der Waals surface area (Å²) in [5.74, 6) is -0.481. The van der Waals surface area contributed by atoms with Crippen LogP contribution in [0, 0.1) is 0 Å². The Kier molecular flexibility index (Phi) is 3.44. The van der Waals surface area contributed by atoms with Crippen LogP contribution < -0.4 is 0 Å². The predicted molar refractivity (Wildman–Crippen MR) is 94.3 cm³/mol. The van der Waals surface area contributed by atoms with Crippen molar-refractivity contribution in [1.82, 2.24) is 4.98 Å². The van der Waals surface area contributed by atoms with E-state index in [1.54, 1.807) is 48.5 Å². The van der Waals surface area contributed by atoms with Gasteiger partial charge in [-0.2, -0.15) is 0 Å². The molecule has 0 unspecified atom stereocenters. The van der Waals surface area contributed by atoms with E-state index in [1.165, 1.54) is 0 Å². The zero-order valence-corrected chi connectivity index (χ0v) is 13.7. The zero-order chi connectivity index (χ0) is 16.8. The number of hydrogen-bond acceptors (Lipinski definition) is 2. The molecule has 3 aromatic rings. The Hall–Kier alpha value is -2.56. The van der Waals surface area contributed by atoms with Crippen molar-refractivity contribution in [3.8, 4) is 17.1 Å². The molecule has 0 aliphatic carbocycles. The standard InChI is InChI=1S/C18H10Cl2N2O2/c19-11-5-1-9(2-6-11)15-13-14(18(24)21-15)16(22-17(13)23)10-3-7-12(20)8-4-10/h1-8,21,24H. The number of nitrogens with zero attached hydrogens (tertiary/aromatic N) is 1. The first-order chi connectivity index (χ1) is 11.5. The fourth-order valence-electron chi connectivity index (χ4n) is 2.79. The van der Waals surface area contributed by atoms with Crippen LogP contribution in [-0.4, -0.2) is 21.7 Å². The summed E-state index contributed by atoms with van der Waals surface area (Å²) in [7, 11) is 0. The molecule has 0 saturated heterocycles. The van der Waals surface area contributed by atoms with Crippen molar-refractivity contribution in [2.45, 2.75) is 0 Å². The minimum Gasteiger partial charge on any atom is -0.494 e. The quantitative estimate of drug-likeness (QED) is 0.699. The van der Waals surface area contributed by atoms with Crippen LogP contribution in [0.2, 0.25) is 10.0 Å². The monoisotopic (exact) mass is 356 g/mol. The Balaban J connectivity index is 1.87. The minimum absolute atomic E-state index is 0.0884. The number of nitrogens with one attached hydrogen (secondary N) is 1. The van der Waals surface area contributed by atoms with Crippen molar-refractivity contribution in [2.24, 2.45) is 4.99 Å². The van der Waals surface area contributed by atoms with Crippen LogP contribution in [0.15, 0.2) is 53.5 Å². The van der Waals surface area contributed by atoms with Crippen molar-refractivity contribution in [3.05, 3.63) is 75.3 Å². The molecule has 2 heterocycles. The third-order valence-corrected chi connectivity index (χ3v) is 4.40. The SMILES string of the molecule is O=C1N=C(c2ccc(Cl)cc2)c2c(O)[nH]c(-c3ccc(Cl)cc3)c21. The van der Waals surface area contributed by atoms with Gasteiger partial charge in [-0.3, -0.25) is 4.79 Å². The number of amides is 1. The van der Waals surface area contributed by atoms with Gasteiger partial charge in [0.05, 0.1) is 22.5 Å². The molecular formula is C18H10Cl2N2O2. The molecule has 1 aromatic heterocycles. The van der Waals surface area contributed by atoms with E-state index in [-0.39, 0.29) is 5.88 Å². The Morgan fingerprint density at radius 1 is 0.833 bits per heavy atom. The first-order valence-corrected chi connectivity index (χ1v) is 7.90. The van der Waals surface area contributed by atoms with Gasteiger partial charge < -0.3 is 10.1 Å². The van der Waals surface area contributed by atoms with Gasteiger partial charge in [0.25, 0.3) is 5.91 Å². The number of aromatic amines is 1. The van der Waals surface area contributed by atoms with Crippen LogP contribution in [0.5, 0.6) is 5.88 Å². The maximum absolute atomic E-state index is 12.4. The number of rotatable bonds is 2. The summed E-state index contributed by atoms with van der Waals surface area (Å²) in [5, 5.41) is 11.5. The van der Waals surface area contributed by atoms with E-state index < -0.39 is 5.91 Å². The molecular weight excluding hydrogens is 347 g/mol. The summed E-state index contributed by atoms with van der Waals surface area (Å²) >= 11 is 11.8. The van der Waals surface area contributed by atoms with E-state index in [0.29, 0.717) is 38.1 Å². The molecule has 6 heteroatoms. The number of aromatic hydroxyl groups is 1. The van der Waals surface area contributed by atoms with Crippen LogP contribution >= 0.6 is 23.2 Å². The summed E-state index contributed by atoms with van der Waals surface area (Å²) in [4.78, 5) is 19.4. The topological polar surface area (TPSA) is 65.4 Å². The number of aliphatic imine (C=N–C) groups is 1. The lowest BCUT2D eigenvalue weighted by atomic mass is 10.0. The number of carbonyl (C=O) groups excluding carboxylic acids is 1. The molecule has 0 fully saturated rings. The lowest BCUT2D eigenvalue weighted by Gasteiger charge is -2.01. The molecule has 4 rings (SSSR count). The molecule has 0 spiro atoms. The van der Waals surface area contributed by atoms with Crippen molar-refractivity contribution in [1.29, 1.82) is 0 Å². The highest BCUT2D eigenvalue weighted by Crippen LogP contribution is 2.38. The molecule has 118 valence electrons. The van der Waals surface area contributed by atoms with E-state index >= 15 is 0 Å². The molecule has 24 heavy (non-hydrogen) atoms. The van der Waals surface area contributed by atoms with Gasteiger partial charge in [-0.25, -0.2) is 4.99 Å². The predicted octanol–water partition coefficient (Wildman–Crippen LogP) is 4.69. The molecule has 0 bridgehead atoms. The van der Waals surface area contributed by atoms with Gasteiger partial charge in [0.1, 0.15) is 0 Å². The summed E-state index contributed by atoms with van der Waals surface area (Å²) in [6, 6.07) is 14.0. The number of carbonyl (C=O) groups is 1. The first kappa shape index (κ1) is 15.0. The number of H-pyrrole nitrogens is 1. The average molecular weight is 357 g/mol. The van der Waals surface area contributed by atoms with E-state index in [1.807, 2.05) is 0 Å². The average Bonchev–Trinajstić information content (AvgIpc) is 3.08. The van der Waals surface area contributed by atoms with E-state index in [2.05, 4.69) is 9.98 Å². The van der Waals surface area contributed by atoms with Crippen LogP contribution in [0.3, 0.4) is 0 Å². The van der Waals surface area contributed by atoms with Crippen molar-refractivity contribution < 1.29 is 9.90 Å². The maximum atomic E-state index is 12.4. The molecule has 2 N–H and O–H groups in total. The molecule has 4 nitrogen and oxygen atoms in total. The van der Waals surface area contributed by atoms with Crippen molar-refractivity contribution in [2.75, 3.05) is 0 Å². The van der Waals surface area contributed by atoms with E-state index in [0.717, 1.165) is 5.56 Å². The van der Waals surface area contributed by atoms with Crippen LogP contribution in [-0.2, 0) is 0 Å². The Morgan fingerprint density at radius 3 is 1.96 bits per heavy atom. The van der Waals surface area contributed by atoms with Gasteiger partial charge in [-0.15, -0.1) is 0 Å². The molecule has 0 radical (unpaired) electrons. The Bertz CT molecular complexity index is 987. The summed E-state index contributed by atoms with van der Waals surface area (Å²) in [6.45, 7) is 0. The number of fused-ring (bicyclic) bond motifs is 1. The van der Waals surface area contributed by atoms with Gasteiger partial charge >= 0.3 is 0 Å². The zero-order valence-electron chi connectivity index (χ0n) is 12.2. The van der Waals surface area contributed by atoms with Crippen LogP contribution in [0.1, 0.15) is 21.5 Å². The number of aromatic nitrogens is 1. The smallest absolute Gasteiger partial charge is 0.280 e.